The molecule has 0 radical (unpaired) electrons. The number of benzene rings is 2. The Balaban J connectivity index is 2.20. The minimum Gasteiger partial charge on any atom is -0.478 e. The average molecular weight is 277 g/mol. The number of halogens is 2. The molecule has 2 aromatic carbocycles. The second kappa shape index (κ2) is 5.69. The maximum absolute atomic E-state index is 13.5. The van der Waals surface area contributed by atoms with E-state index in [4.69, 9.17) is 5.11 Å². The number of hydrogen-bond acceptors (Lipinski definition) is 2. The maximum atomic E-state index is 13.5. The van der Waals surface area contributed by atoms with Crippen LogP contribution in [-0.2, 0) is 6.54 Å². The molecule has 0 aliphatic rings. The Labute approximate surface area is 114 Å². The van der Waals surface area contributed by atoms with E-state index in [2.05, 4.69) is 5.32 Å². The minimum atomic E-state index is -1.04. The molecular weight excluding hydrogens is 264 g/mol. The van der Waals surface area contributed by atoms with Crippen molar-refractivity contribution in [2.45, 2.75) is 13.5 Å². The number of aromatic carboxylic acids is 1. The molecule has 2 rings (SSSR count). The van der Waals surface area contributed by atoms with Crippen LogP contribution in [0.25, 0.3) is 0 Å². The third-order valence-electron chi connectivity index (χ3n) is 2.99. The predicted octanol–water partition coefficient (Wildman–Crippen LogP) is 3.58. The van der Waals surface area contributed by atoms with Crippen molar-refractivity contribution in [3.05, 3.63) is 64.7 Å². The second-order valence-electron chi connectivity index (χ2n) is 4.40. The summed E-state index contributed by atoms with van der Waals surface area (Å²) >= 11 is 0. The Kier molecular flexibility index (Phi) is 3.98. The normalized spacial score (nSPS) is 10.3. The fraction of sp³-hybridized carbons (Fsp3) is 0.133. The summed E-state index contributed by atoms with van der Waals surface area (Å²) in [6.07, 6.45) is 0. The summed E-state index contributed by atoms with van der Waals surface area (Å²) in [5.41, 5.74) is 1.73. The lowest BCUT2D eigenvalue weighted by Gasteiger charge is -2.11. The summed E-state index contributed by atoms with van der Waals surface area (Å²) in [6.45, 7) is 1.88. The van der Waals surface area contributed by atoms with Gasteiger partial charge in [0.15, 0.2) is 11.6 Å². The van der Waals surface area contributed by atoms with Gasteiger partial charge in [-0.2, -0.15) is 0 Å². The monoisotopic (exact) mass is 277 g/mol. The van der Waals surface area contributed by atoms with Gasteiger partial charge in [0.25, 0.3) is 0 Å². The van der Waals surface area contributed by atoms with Crippen LogP contribution in [0, 0.1) is 18.6 Å². The lowest BCUT2D eigenvalue weighted by atomic mass is 10.1. The SMILES string of the molecule is Cc1ccc(C(=O)O)cc1NCc1cccc(F)c1F. The molecule has 0 aromatic heterocycles. The number of rotatable bonds is 4. The van der Waals surface area contributed by atoms with Crippen molar-refractivity contribution in [1.29, 1.82) is 0 Å². The Morgan fingerprint density at radius 1 is 1.25 bits per heavy atom. The zero-order valence-corrected chi connectivity index (χ0v) is 10.8. The molecule has 0 aliphatic heterocycles. The molecule has 0 saturated heterocycles. The lowest BCUT2D eigenvalue weighted by Crippen LogP contribution is -2.06. The molecule has 0 aliphatic carbocycles. The highest BCUT2D eigenvalue weighted by atomic mass is 19.2. The molecule has 2 N–H and O–H groups in total. The number of aryl methyl sites for hydroxylation is 1. The summed E-state index contributed by atoms with van der Waals surface area (Å²) in [7, 11) is 0. The van der Waals surface area contributed by atoms with Crippen molar-refractivity contribution in [2.24, 2.45) is 0 Å². The van der Waals surface area contributed by atoms with Crippen molar-refractivity contribution in [3.63, 3.8) is 0 Å². The summed E-state index contributed by atoms with van der Waals surface area (Å²) in [6, 6.07) is 8.57. The molecule has 20 heavy (non-hydrogen) atoms. The van der Waals surface area contributed by atoms with Crippen LogP contribution in [0.3, 0.4) is 0 Å². The van der Waals surface area contributed by atoms with E-state index in [1.165, 1.54) is 24.3 Å². The molecule has 0 unspecified atom stereocenters. The van der Waals surface area contributed by atoms with Gasteiger partial charge in [0.05, 0.1) is 5.56 Å². The van der Waals surface area contributed by atoms with E-state index in [0.29, 0.717) is 5.69 Å². The fourth-order valence-electron chi connectivity index (χ4n) is 1.82. The van der Waals surface area contributed by atoms with Gasteiger partial charge in [-0.3, -0.25) is 0 Å². The first-order valence-corrected chi connectivity index (χ1v) is 5.99. The van der Waals surface area contributed by atoms with E-state index < -0.39 is 17.6 Å². The van der Waals surface area contributed by atoms with Crippen molar-refractivity contribution >= 4 is 11.7 Å². The van der Waals surface area contributed by atoms with Crippen LogP contribution >= 0.6 is 0 Å². The van der Waals surface area contributed by atoms with E-state index in [1.807, 2.05) is 0 Å². The molecule has 0 bridgehead atoms. The zero-order valence-electron chi connectivity index (χ0n) is 10.8. The number of hydrogen-bond donors (Lipinski definition) is 2. The topological polar surface area (TPSA) is 49.3 Å². The van der Waals surface area contributed by atoms with Gasteiger partial charge < -0.3 is 10.4 Å². The van der Waals surface area contributed by atoms with Crippen molar-refractivity contribution in [3.8, 4) is 0 Å². The smallest absolute Gasteiger partial charge is 0.335 e. The van der Waals surface area contributed by atoms with Gasteiger partial charge in [0.1, 0.15) is 0 Å². The molecular formula is C15H13F2NO2. The fourth-order valence-corrected chi connectivity index (χ4v) is 1.82. The Morgan fingerprint density at radius 2 is 2.00 bits per heavy atom. The first-order valence-electron chi connectivity index (χ1n) is 5.99. The number of carboxylic acid groups (broad SMARTS) is 1. The third-order valence-corrected chi connectivity index (χ3v) is 2.99. The standard InChI is InChI=1S/C15H13F2NO2/c1-9-5-6-10(15(19)20)7-13(9)18-8-11-3-2-4-12(16)14(11)17/h2-7,18H,8H2,1H3,(H,19,20). The van der Waals surface area contributed by atoms with E-state index in [0.717, 1.165) is 11.6 Å². The van der Waals surface area contributed by atoms with E-state index in [-0.39, 0.29) is 17.7 Å². The molecule has 0 heterocycles. The van der Waals surface area contributed by atoms with Crippen molar-refractivity contribution < 1.29 is 18.7 Å². The summed E-state index contributed by atoms with van der Waals surface area (Å²) in [4.78, 5) is 10.9. The maximum Gasteiger partial charge on any atom is 0.335 e. The molecule has 0 atom stereocenters. The van der Waals surface area contributed by atoms with E-state index in [9.17, 15) is 13.6 Å². The number of carboxylic acids is 1. The van der Waals surface area contributed by atoms with E-state index >= 15 is 0 Å². The lowest BCUT2D eigenvalue weighted by molar-refractivity contribution is 0.0697. The van der Waals surface area contributed by atoms with Crippen LogP contribution in [0.4, 0.5) is 14.5 Å². The Bertz CT molecular complexity index is 656. The van der Waals surface area contributed by atoms with Crippen LogP contribution in [0.15, 0.2) is 36.4 Å². The number of nitrogens with one attached hydrogen (secondary N) is 1. The van der Waals surface area contributed by atoms with Crippen molar-refractivity contribution in [2.75, 3.05) is 5.32 Å². The van der Waals surface area contributed by atoms with Crippen LogP contribution in [0.1, 0.15) is 21.5 Å². The van der Waals surface area contributed by atoms with Crippen LogP contribution in [0.2, 0.25) is 0 Å². The molecule has 2 aromatic rings. The van der Waals surface area contributed by atoms with Gasteiger partial charge in [-0.25, -0.2) is 13.6 Å². The summed E-state index contributed by atoms with van der Waals surface area (Å²) in [5.74, 6) is -2.84. The quantitative estimate of drug-likeness (QED) is 0.898. The molecule has 0 saturated carbocycles. The average Bonchev–Trinajstić information content (AvgIpc) is 2.41. The largest absolute Gasteiger partial charge is 0.478 e. The third kappa shape index (κ3) is 2.93. The van der Waals surface area contributed by atoms with Gasteiger partial charge >= 0.3 is 5.97 Å². The molecule has 0 amide bonds. The van der Waals surface area contributed by atoms with Crippen LogP contribution < -0.4 is 5.32 Å². The molecule has 5 heteroatoms. The molecule has 0 fully saturated rings. The Hall–Kier alpha value is -2.43. The van der Waals surface area contributed by atoms with Crippen LogP contribution in [0.5, 0.6) is 0 Å². The molecule has 104 valence electrons. The summed E-state index contributed by atoms with van der Waals surface area (Å²) < 4.78 is 26.6. The first kappa shape index (κ1) is 14.0. The van der Waals surface area contributed by atoms with Crippen LogP contribution in [-0.4, -0.2) is 11.1 Å². The van der Waals surface area contributed by atoms with Crippen molar-refractivity contribution in [1.82, 2.24) is 0 Å². The van der Waals surface area contributed by atoms with E-state index in [1.54, 1.807) is 13.0 Å². The highest BCUT2D eigenvalue weighted by Gasteiger charge is 2.09. The highest BCUT2D eigenvalue weighted by molar-refractivity contribution is 5.89. The predicted molar refractivity (Wildman–Crippen MR) is 71.8 cm³/mol. The molecule has 0 spiro atoms. The second-order valence-corrected chi connectivity index (χ2v) is 4.40. The summed E-state index contributed by atoms with van der Waals surface area (Å²) in [5, 5.41) is 11.9. The Morgan fingerprint density at radius 3 is 2.70 bits per heavy atom. The van der Waals surface area contributed by atoms with Gasteiger partial charge in [0, 0.05) is 17.8 Å². The van der Waals surface area contributed by atoms with Gasteiger partial charge in [-0.15, -0.1) is 0 Å². The highest BCUT2D eigenvalue weighted by Crippen LogP contribution is 2.19. The van der Waals surface area contributed by atoms with Gasteiger partial charge in [-0.1, -0.05) is 18.2 Å². The molecule has 3 nitrogen and oxygen atoms in total. The van der Waals surface area contributed by atoms with Gasteiger partial charge in [0.2, 0.25) is 0 Å². The van der Waals surface area contributed by atoms with Gasteiger partial charge in [-0.05, 0) is 30.7 Å². The zero-order chi connectivity index (χ0) is 14.7. The number of carbonyl (C=O) groups is 1. The number of anilines is 1. The first-order chi connectivity index (χ1) is 9.49. The minimum absolute atomic E-state index is 0.0769.